The molecule has 6 heteroatoms. The van der Waals surface area contributed by atoms with E-state index < -0.39 is 0 Å². The minimum absolute atomic E-state index is 0.0226. The van der Waals surface area contributed by atoms with Crippen LogP contribution >= 0.6 is 11.3 Å². The summed E-state index contributed by atoms with van der Waals surface area (Å²) < 4.78 is 1.76. The van der Waals surface area contributed by atoms with Crippen molar-refractivity contribution < 1.29 is 4.79 Å². The second kappa shape index (κ2) is 6.68. The van der Waals surface area contributed by atoms with Gasteiger partial charge in [-0.2, -0.15) is 0 Å². The first kappa shape index (κ1) is 17.0. The number of para-hydroxylation sites is 1. The number of carbonyl (C=O) groups is 1. The Morgan fingerprint density at radius 2 is 1.96 bits per heavy atom. The number of fused-ring (bicyclic) bond motifs is 1. The van der Waals surface area contributed by atoms with Crippen molar-refractivity contribution in [1.29, 1.82) is 0 Å². The molecule has 1 N–H and O–H groups in total. The highest BCUT2D eigenvalue weighted by atomic mass is 32.1. The fraction of sp³-hybridized carbons (Fsp3) is 0.350. The van der Waals surface area contributed by atoms with E-state index in [9.17, 15) is 9.59 Å². The molecule has 0 atom stereocenters. The second-order valence-electron chi connectivity index (χ2n) is 6.90. The number of hydrogen-bond acceptors (Lipinski definition) is 4. The Labute approximate surface area is 155 Å². The molecule has 4 rings (SSSR count). The Balaban J connectivity index is 1.73. The van der Waals surface area contributed by atoms with Gasteiger partial charge in [-0.25, -0.2) is 4.98 Å². The van der Waals surface area contributed by atoms with Crippen molar-refractivity contribution in [2.75, 3.05) is 5.32 Å². The Hall–Kier alpha value is -2.47. The zero-order chi connectivity index (χ0) is 18.3. The van der Waals surface area contributed by atoms with Gasteiger partial charge in [-0.1, -0.05) is 31.0 Å². The SMILES string of the molecule is Cc1ccccc1NC(=O)c1sc2ncn(C3CCCC3)c(=O)c2c1C. The highest BCUT2D eigenvalue weighted by Gasteiger charge is 2.23. The Kier molecular flexibility index (Phi) is 4.36. The van der Waals surface area contributed by atoms with Gasteiger partial charge in [-0.05, 0) is 43.9 Å². The van der Waals surface area contributed by atoms with Gasteiger partial charge in [0.25, 0.3) is 11.5 Å². The predicted octanol–water partition coefficient (Wildman–Crippen LogP) is 4.44. The Morgan fingerprint density at radius 3 is 2.69 bits per heavy atom. The summed E-state index contributed by atoms with van der Waals surface area (Å²) in [6, 6.07) is 7.90. The second-order valence-corrected chi connectivity index (χ2v) is 7.90. The highest BCUT2D eigenvalue weighted by Crippen LogP contribution is 2.31. The summed E-state index contributed by atoms with van der Waals surface area (Å²) in [5, 5.41) is 3.54. The van der Waals surface area contributed by atoms with E-state index in [0.29, 0.717) is 15.1 Å². The van der Waals surface area contributed by atoms with Gasteiger partial charge in [-0.3, -0.25) is 14.2 Å². The summed E-state index contributed by atoms with van der Waals surface area (Å²) in [5.74, 6) is -0.188. The molecule has 1 aromatic carbocycles. The number of aryl methyl sites for hydroxylation is 2. The highest BCUT2D eigenvalue weighted by molar-refractivity contribution is 7.20. The number of amides is 1. The van der Waals surface area contributed by atoms with Gasteiger partial charge in [-0.15, -0.1) is 11.3 Å². The Morgan fingerprint density at radius 1 is 1.23 bits per heavy atom. The quantitative estimate of drug-likeness (QED) is 0.744. The Bertz CT molecular complexity index is 1040. The van der Waals surface area contributed by atoms with Crippen molar-refractivity contribution in [2.45, 2.75) is 45.6 Å². The first-order valence-electron chi connectivity index (χ1n) is 8.93. The molecular weight excluding hydrogens is 346 g/mol. The molecule has 1 saturated carbocycles. The van der Waals surface area contributed by atoms with E-state index in [1.54, 1.807) is 10.9 Å². The lowest BCUT2D eigenvalue weighted by atomic mass is 10.1. The number of nitrogens with zero attached hydrogens (tertiary/aromatic N) is 2. The average Bonchev–Trinajstić information content (AvgIpc) is 3.26. The van der Waals surface area contributed by atoms with Crippen molar-refractivity contribution >= 4 is 33.1 Å². The molecule has 2 heterocycles. The zero-order valence-corrected chi connectivity index (χ0v) is 15.7. The maximum Gasteiger partial charge on any atom is 0.266 e. The molecule has 1 aliphatic rings. The zero-order valence-electron chi connectivity index (χ0n) is 14.9. The van der Waals surface area contributed by atoms with Gasteiger partial charge in [0.1, 0.15) is 4.83 Å². The van der Waals surface area contributed by atoms with Crippen LogP contribution in [-0.4, -0.2) is 15.5 Å². The average molecular weight is 367 g/mol. The minimum Gasteiger partial charge on any atom is -0.321 e. The first-order valence-corrected chi connectivity index (χ1v) is 9.75. The number of nitrogens with one attached hydrogen (secondary N) is 1. The fourth-order valence-corrected chi connectivity index (χ4v) is 4.72. The summed E-state index contributed by atoms with van der Waals surface area (Å²) in [5.41, 5.74) is 2.48. The largest absolute Gasteiger partial charge is 0.321 e. The monoisotopic (exact) mass is 367 g/mol. The number of anilines is 1. The van der Waals surface area contributed by atoms with Gasteiger partial charge in [0.2, 0.25) is 0 Å². The van der Waals surface area contributed by atoms with Gasteiger partial charge in [0.15, 0.2) is 0 Å². The van der Waals surface area contributed by atoms with Gasteiger partial charge < -0.3 is 5.32 Å². The topological polar surface area (TPSA) is 64.0 Å². The van der Waals surface area contributed by atoms with Crippen LogP contribution in [0.4, 0.5) is 5.69 Å². The van der Waals surface area contributed by atoms with E-state index >= 15 is 0 Å². The van der Waals surface area contributed by atoms with E-state index in [0.717, 1.165) is 42.5 Å². The summed E-state index contributed by atoms with van der Waals surface area (Å²) in [4.78, 5) is 31.4. The maximum atomic E-state index is 13.0. The van der Waals surface area contributed by atoms with Crippen LogP contribution in [0.3, 0.4) is 0 Å². The minimum atomic E-state index is -0.188. The lowest BCUT2D eigenvalue weighted by molar-refractivity contribution is 0.103. The molecule has 1 amide bonds. The molecule has 0 saturated heterocycles. The van der Waals surface area contributed by atoms with E-state index in [4.69, 9.17) is 0 Å². The molecule has 2 aromatic heterocycles. The van der Waals surface area contributed by atoms with E-state index in [2.05, 4.69) is 10.3 Å². The normalized spacial score (nSPS) is 14.8. The van der Waals surface area contributed by atoms with Crippen LogP contribution in [-0.2, 0) is 0 Å². The van der Waals surface area contributed by atoms with Crippen molar-refractivity contribution in [1.82, 2.24) is 9.55 Å². The van der Waals surface area contributed by atoms with Gasteiger partial charge in [0.05, 0.1) is 16.6 Å². The third-order valence-electron chi connectivity index (χ3n) is 5.19. The molecule has 0 radical (unpaired) electrons. The number of thiophene rings is 1. The molecule has 5 nitrogen and oxygen atoms in total. The molecule has 1 aliphatic carbocycles. The van der Waals surface area contributed by atoms with Crippen LogP contribution in [0, 0.1) is 13.8 Å². The maximum absolute atomic E-state index is 13.0. The third-order valence-corrected chi connectivity index (χ3v) is 6.39. The number of carbonyl (C=O) groups excluding carboxylic acids is 1. The fourth-order valence-electron chi connectivity index (χ4n) is 3.69. The van der Waals surface area contributed by atoms with E-state index in [-0.39, 0.29) is 17.5 Å². The van der Waals surface area contributed by atoms with Crippen LogP contribution in [0.5, 0.6) is 0 Å². The summed E-state index contributed by atoms with van der Waals surface area (Å²) in [7, 11) is 0. The van der Waals surface area contributed by atoms with Crippen molar-refractivity contribution in [2.24, 2.45) is 0 Å². The number of hydrogen-bond donors (Lipinski definition) is 1. The van der Waals surface area contributed by atoms with Crippen LogP contribution in [0.1, 0.15) is 52.5 Å². The first-order chi connectivity index (χ1) is 12.6. The van der Waals surface area contributed by atoms with Gasteiger partial charge in [0, 0.05) is 11.7 Å². The van der Waals surface area contributed by atoms with Crippen LogP contribution in [0.2, 0.25) is 0 Å². The predicted molar refractivity (Wildman–Crippen MR) is 105 cm³/mol. The van der Waals surface area contributed by atoms with Crippen LogP contribution < -0.4 is 10.9 Å². The molecule has 1 fully saturated rings. The van der Waals surface area contributed by atoms with Crippen molar-refractivity contribution in [3.63, 3.8) is 0 Å². The summed E-state index contributed by atoms with van der Waals surface area (Å²) in [6.07, 6.45) is 6.01. The standard InChI is InChI=1S/C20H21N3O2S/c1-12-7-3-6-10-15(12)22-18(24)17-13(2)16-19(26-17)21-11-23(20(16)25)14-8-4-5-9-14/h3,6-7,10-11,14H,4-5,8-9H2,1-2H3,(H,22,24). The number of rotatable bonds is 3. The molecule has 0 spiro atoms. The molecule has 0 unspecified atom stereocenters. The van der Waals surface area contributed by atoms with E-state index in [1.807, 2.05) is 38.1 Å². The number of aromatic nitrogens is 2. The van der Waals surface area contributed by atoms with Crippen LogP contribution in [0.15, 0.2) is 35.4 Å². The van der Waals surface area contributed by atoms with Crippen molar-refractivity contribution in [3.05, 3.63) is 57.0 Å². The third kappa shape index (κ3) is 2.84. The molecule has 26 heavy (non-hydrogen) atoms. The molecular formula is C20H21N3O2S. The lowest BCUT2D eigenvalue weighted by Gasteiger charge is -2.12. The number of benzene rings is 1. The smallest absolute Gasteiger partial charge is 0.266 e. The van der Waals surface area contributed by atoms with Crippen molar-refractivity contribution in [3.8, 4) is 0 Å². The summed E-state index contributed by atoms with van der Waals surface area (Å²) in [6.45, 7) is 3.79. The molecule has 3 aromatic rings. The van der Waals surface area contributed by atoms with E-state index in [1.165, 1.54) is 11.3 Å². The van der Waals surface area contributed by atoms with Crippen LogP contribution in [0.25, 0.3) is 10.2 Å². The van der Waals surface area contributed by atoms with Gasteiger partial charge >= 0.3 is 0 Å². The lowest BCUT2D eigenvalue weighted by Crippen LogP contribution is -2.23. The summed E-state index contributed by atoms with van der Waals surface area (Å²) >= 11 is 1.29. The molecule has 0 aliphatic heterocycles. The molecule has 0 bridgehead atoms. The molecule has 134 valence electrons.